The molecule has 152 valence electrons. The normalized spacial score (nSPS) is 17.8. The van der Waals surface area contributed by atoms with Crippen LogP contribution in [0.25, 0.3) is 6.08 Å². The topological polar surface area (TPSA) is 82.6 Å². The van der Waals surface area contributed by atoms with Crippen molar-refractivity contribution in [2.75, 3.05) is 6.54 Å². The van der Waals surface area contributed by atoms with E-state index in [0.29, 0.717) is 5.69 Å². The van der Waals surface area contributed by atoms with Crippen molar-refractivity contribution in [1.29, 1.82) is 0 Å². The molecule has 3 rings (SSSR count). The molecule has 29 heavy (non-hydrogen) atoms. The van der Waals surface area contributed by atoms with Crippen LogP contribution in [0, 0.1) is 0 Å². The van der Waals surface area contributed by atoms with Gasteiger partial charge in [0.05, 0.1) is 23.1 Å². The van der Waals surface area contributed by atoms with Crippen LogP contribution in [0.15, 0.2) is 54.4 Å². The molecule has 2 heterocycles. The van der Waals surface area contributed by atoms with Gasteiger partial charge < -0.3 is 19.4 Å². The summed E-state index contributed by atoms with van der Waals surface area (Å²) in [5, 5.41) is 2.77. The molecule has 0 saturated carbocycles. The third-order valence-corrected chi connectivity index (χ3v) is 5.12. The second-order valence-corrected chi connectivity index (χ2v) is 7.85. The maximum atomic E-state index is 12.2. The van der Waals surface area contributed by atoms with Gasteiger partial charge in [0.1, 0.15) is 6.61 Å². The molecule has 2 aromatic rings. The molecule has 0 bridgehead atoms. The Hall–Kier alpha value is -2.71. The van der Waals surface area contributed by atoms with Crippen LogP contribution in [-0.4, -0.2) is 40.9 Å². The lowest BCUT2D eigenvalue weighted by molar-refractivity contribution is 0.00578. The van der Waals surface area contributed by atoms with Crippen LogP contribution in [0.5, 0.6) is 0 Å². The zero-order valence-corrected chi connectivity index (χ0v) is 17.2. The van der Waals surface area contributed by atoms with Gasteiger partial charge in [-0.1, -0.05) is 30.3 Å². The van der Waals surface area contributed by atoms with E-state index in [1.807, 2.05) is 64.1 Å². The molecular weight excluding hydrogens is 369 g/mol. The number of nitrogens with zero attached hydrogens (tertiary/aromatic N) is 2. The molecule has 1 aliphatic heterocycles. The molecule has 1 fully saturated rings. The minimum Gasteiger partial charge on any atom is -0.445 e. The molecule has 0 radical (unpaired) electrons. The van der Waals surface area contributed by atoms with Gasteiger partial charge in [-0.2, -0.15) is 0 Å². The highest BCUT2D eigenvalue weighted by atomic mass is 16.7. The van der Waals surface area contributed by atoms with Gasteiger partial charge in [0.25, 0.3) is 0 Å². The van der Waals surface area contributed by atoms with Gasteiger partial charge in [0.2, 0.25) is 0 Å². The average Bonchev–Trinajstić information content (AvgIpc) is 2.92. The van der Waals surface area contributed by atoms with Gasteiger partial charge in [-0.25, -0.2) is 4.79 Å². The van der Waals surface area contributed by atoms with E-state index in [9.17, 15) is 4.79 Å². The number of hydrogen-bond donors (Lipinski definition) is 1. The second-order valence-electron chi connectivity index (χ2n) is 7.85. The van der Waals surface area contributed by atoms with Crippen LogP contribution in [0.2, 0.25) is 0 Å². The Morgan fingerprint density at radius 2 is 1.83 bits per heavy atom. The Bertz CT molecular complexity index is 841. The van der Waals surface area contributed by atoms with Gasteiger partial charge >= 0.3 is 13.2 Å². The summed E-state index contributed by atoms with van der Waals surface area (Å²) in [7, 11) is -0.614. The summed E-state index contributed by atoms with van der Waals surface area (Å²) >= 11 is 0. The average molecular weight is 395 g/mol. The van der Waals surface area contributed by atoms with Gasteiger partial charge in [0.15, 0.2) is 0 Å². The highest BCUT2D eigenvalue weighted by Gasteiger charge is 2.52. The highest BCUT2D eigenvalue weighted by molar-refractivity contribution is 6.56. The first-order valence-corrected chi connectivity index (χ1v) is 9.53. The lowest BCUT2D eigenvalue weighted by Gasteiger charge is -2.32. The van der Waals surface area contributed by atoms with Crippen molar-refractivity contribution in [3.05, 3.63) is 65.7 Å². The number of alkyl carbamates (subject to hydrolysis) is 1. The van der Waals surface area contributed by atoms with Crippen molar-refractivity contribution >= 4 is 19.3 Å². The van der Waals surface area contributed by atoms with Crippen LogP contribution >= 0.6 is 0 Å². The standard InChI is InChI=1S/C21H26BN3O4/c1-20(2)21(3,4)29-22(28-20)17(12-18-14-23-10-11-24-18)13-25-19(26)27-15-16-8-6-5-7-9-16/h5-12,14H,13,15H2,1-4H3,(H,25,26). The number of ether oxygens (including phenoxy) is 1. The Labute approximate surface area is 171 Å². The SMILES string of the molecule is CC1(C)OB(C(=Cc2cnccn2)CNC(=O)OCc2ccccc2)OC1(C)C. The van der Waals surface area contributed by atoms with Crippen LogP contribution in [0.3, 0.4) is 0 Å². The molecule has 8 heteroatoms. The molecule has 0 unspecified atom stereocenters. The molecule has 1 aliphatic rings. The number of aromatic nitrogens is 2. The first-order chi connectivity index (χ1) is 13.8. The van der Waals surface area contributed by atoms with Crippen LogP contribution in [0.1, 0.15) is 39.0 Å². The molecule has 0 spiro atoms. The summed E-state index contributed by atoms with van der Waals surface area (Å²) < 4.78 is 17.5. The van der Waals surface area contributed by atoms with Crippen LogP contribution in [-0.2, 0) is 20.7 Å². The maximum absolute atomic E-state index is 12.2. The van der Waals surface area contributed by atoms with Crippen molar-refractivity contribution in [2.45, 2.75) is 45.5 Å². The van der Waals surface area contributed by atoms with E-state index in [-0.39, 0.29) is 13.2 Å². The third kappa shape index (κ3) is 5.43. The predicted molar refractivity (Wildman–Crippen MR) is 111 cm³/mol. The number of nitrogens with one attached hydrogen (secondary N) is 1. The maximum Gasteiger partial charge on any atom is 0.492 e. The first-order valence-electron chi connectivity index (χ1n) is 9.53. The quantitative estimate of drug-likeness (QED) is 0.755. The minimum absolute atomic E-state index is 0.195. The Kier molecular flexibility index (Phi) is 6.34. The predicted octanol–water partition coefficient (Wildman–Crippen LogP) is 3.42. The van der Waals surface area contributed by atoms with Crippen molar-refractivity contribution in [2.24, 2.45) is 0 Å². The zero-order chi connectivity index (χ0) is 20.9. The highest BCUT2D eigenvalue weighted by Crippen LogP contribution is 2.38. The number of carbonyl (C=O) groups excluding carboxylic acids is 1. The van der Waals surface area contributed by atoms with Gasteiger partial charge in [-0.05, 0) is 44.8 Å². The summed E-state index contributed by atoms with van der Waals surface area (Å²) in [6, 6.07) is 9.51. The molecule has 1 aromatic heterocycles. The Morgan fingerprint density at radius 3 is 2.45 bits per heavy atom. The minimum atomic E-state index is -0.614. The monoisotopic (exact) mass is 395 g/mol. The van der Waals surface area contributed by atoms with E-state index in [4.69, 9.17) is 14.0 Å². The van der Waals surface area contributed by atoms with E-state index >= 15 is 0 Å². The second kappa shape index (κ2) is 8.76. The number of benzene rings is 1. The smallest absolute Gasteiger partial charge is 0.445 e. The first kappa shape index (κ1) is 21.0. The van der Waals surface area contributed by atoms with Crippen molar-refractivity contribution in [1.82, 2.24) is 15.3 Å². The fraction of sp³-hybridized carbons (Fsp3) is 0.381. The molecular formula is C21H26BN3O4. The molecule has 1 N–H and O–H groups in total. The van der Waals surface area contributed by atoms with Crippen LogP contribution in [0.4, 0.5) is 4.79 Å². The molecule has 7 nitrogen and oxygen atoms in total. The number of hydrogen-bond acceptors (Lipinski definition) is 6. The zero-order valence-electron chi connectivity index (χ0n) is 17.2. The number of amides is 1. The third-order valence-electron chi connectivity index (χ3n) is 5.12. The Morgan fingerprint density at radius 1 is 1.14 bits per heavy atom. The van der Waals surface area contributed by atoms with E-state index in [1.54, 1.807) is 18.6 Å². The Balaban J connectivity index is 1.68. The van der Waals surface area contributed by atoms with Crippen molar-refractivity contribution in [3.8, 4) is 0 Å². The molecule has 0 aliphatic carbocycles. The lowest BCUT2D eigenvalue weighted by atomic mass is 9.77. The van der Waals surface area contributed by atoms with Gasteiger partial charge in [-0.15, -0.1) is 0 Å². The van der Waals surface area contributed by atoms with E-state index in [0.717, 1.165) is 11.0 Å². The van der Waals surface area contributed by atoms with Gasteiger partial charge in [0, 0.05) is 18.9 Å². The van der Waals surface area contributed by atoms with E-state index < -0.39 is 24.4 Å². The summed E-state index contributed by atoms with van der Waals surface area (Å²) in [4.78, 5) is 20.5. The fourth-order valence-electron chi connectivity index (χ4n) is 2.72. The summed E-state index contributed by atoms with van der Waals surface area (Å²) in [5.74, 6) is 0. The molecule has 0 atom stereocenters. The summed E-state index contributed by atoms with van der Waals surface area (Å²) in [6.45, 7) is 8.32. The number of rotatable bonds is 6. The van der Waals surface area contributed by atoms with Crippen molar-refractivity contribution in [3.63, 3.8) is 0 Å². The summed E-state index contributed by atoms with van der Waals surface area (Å²) in [5.41, 5.74) is 1.31. The number of carbonyl (C=O) groups is 1. The lowest BCUT2D eigenvalue weighted by Crippen LogP contribution is -2.41. The largest absolute Gasteiger partial charge is 0.492 e. The molecule has 1 amide bonds. The molecule has 1 saturated heterocycles. The van der Waals surface area contributed by atoms with Gasteiger partial charge in [-0.3, -0.25) is 9.97 Å². The molecule has 1 aromatic carbocycles. The van der Waals surface area contributed by atoms with E-state index in [1.165, 1.54) is 0 Å². The fourth-order valence-corrected chi connectivity index (χ4v) is 2.72. The van der Waals surface area contributed by atoms with E-state index in [2.05, 4.69) is 15.3 Å². The van der Waals surface area contributed by atoms with Crippen molar-refractivity contribution < 1.29 is 18.8 Å². The summed E-state index contributed by atoms with van der Waals surface area (Å²) in [6.07, 6.45) is 6.14. The van der Waals surface area contributed by atoms with Crippen LogP contribution < -0.4 is 5.32 Å².